The molecule has 0 saturated carbocycles. The van der Waals surface area contributed by atoms with Gasteiger partial charge in [0.15, 0.2) is 0 Å². The van der Waals surface area contributed by atoms with Gasteiger partial charge in [-0.2, -0.15) is 0 Å². The average molecular weight is 504 g/mol. The molecule has 2 N–H and O–H groups in total. The first-order valence-electron chi connectivity index (χ1n) is 11.5. The first-order chi connectivity index (χ1) is 17.3. The zero-order chi connectivity index (χ0) is 26.1. The summed E-state index contributed by atoms with van der Waals surface area (Å²) in [5.41, 5.74) is 9.14. The first-order valence-corrected chi connectivity index (χ1v) is 12.3. The van der Waals surface area contributed by atoms with Gasteiger partial charge in [0.1, 0.15) is 5.82 Å². The molecule has 3 rings (SSSR count). The Labute approximate surface area is 215 Å². The summed E-state index contributed by atoms with van der Waals surface area (Å²) in [7, 11) is 0. The highest BCUT2D eigenvalue weighted by atomic mass is 32.2. The number of rotatable bonds is 9. The van der Waals surface area contributed by atoms with E-state index >= 15 is 0 Å². The highest BCUT2D eigenvalue weighted by Crippen LogP contribution is 2.30. The largest absolute Gasteiger partial charge is 0.462 e. The molecular weight excluding hydrogens is 474 g/mol. The van der Waals surface area contributed by atoms with Gasteiger partial charge in [-0.3, -0.25) is 9.59 Å². The van der Waals surface area contributed by atoms with Crippen LogP contribution in [0.3, 0.4) is 0 Å². The lowest BCUT2D eigenvalue weighted by Gasteiger charge is -2.25. The number of nitrogens with two attached hydrogens (primary N) is 1. The quantitative estimate of drug-likeness (QED) is 0.392. The number of esters is 1. The van der Waals surface area contributed by atoms with Gasteiger partial charge in [-0.05, 0) is 43.8 Å². The van der Waals surface area contributed by atoms with Crippen molar-refractivity contribution in [2.45, 2.75) is 33.7 Å². The van der Waals surface area contributed by atoms with Crippen LogP contribution in [0.1, 0.15) is 52.2 Å². The van der Waals surface area contributed by atoms with Crippen LogP contribution in [0.4, 0.5) is 5.82 Å². The Balaban J connectivity index is 1.86. The van der Waals surface area contributed by atoms with Crippen LogP contribution in [0.5, 0.6) is 0 Å². The molecule has 36 heavy (non-hydrogen) atoms. The molecule has 7 nitrogen and oxygen atoms in total. The van der Waals surface area contributed by atoms with Crippen LogP contribution in [-0.2, 0) is 16.1 Å². The maximum atomic E-state index is 13.0. The summed E-state index contributed by atoms with van der Waals surface area (Å²) in [6, 6.07) is 21.3. The van der Waals surface area contributed by atoms with E-state index in [-0.39, 0.29) is 30.6 Å². The molecule has 3 aromatic rings. The number of hydrogen-bond acceptors (Lipinski definition) is 7. The van der Waals surface area contributed by atoms with Gasteiger partial charge in [-0.1, -0.05) is 54.6 Å². The van der Waals surface area contributed by atoms with Gasteiger partial charge in [0.2, 0.25) is 11.0 Å². The average Bonchev–Trinajstić information content (AvgIpc) is 2.88. The minimum atomic E-state index is -0.450. The maximum Gasteiger partial charge on any atom is 0.338 e. The fourth-order valence-electron chi connectivity index (χ4n) is 3.47. The summed E-state index contributed by atoms with van der Waals surface area (Å²) >= 11 is 1.02. The second kappa shape index (κ2) is 12.7. The van der Waals surface area contributed by atoms with Crippen LogP contribution in [-0.4, -0.2) is 33.5 Å². The molecule has 0 spiro atoms. The molecule has 0 fully saturated rings. The number of nitrogens with zero attached hydrogens (tertiary/aromatic N) is 2. The number of anilines is 1. The molecular formula is C28H29N3O4S. The number of thioether (sulfide) groups is 1. The third kappa shape index (κ3) is 7.29. The van der Waals surface area contributed by atoms with Crippen LogP contribution in [0, 0.1) is 6.92 Å². The number of carbonyl (C=O) groups excluding carboxylic acids is 3. The lowest BCUT2D eigenvalue weighted by atomic mass is 10.2. The first kappa shape index (κ1) is 26.7. The lowest BCUT2D eigenvalue weighted by molar-refractivity contribution is -0.127. The van der Waals surface area contributed by atoms with Crippen molar-refractivity contribution in [1.29, 1.82) is 0 Å². The van der Waals surface area contributed by atoms with Gasteiger partial charge < -0.3 is 15.4 Å². The molecule has 0 aliphatic carbocycles. The molecule has 1 heterocycles. The van der Waals surface area contributed by atoms with Crippen molar-refractivity contribution in [1.82, 2.24) is 9.88 Å². The molecule has 0 saturated heterocycles. The van der Waals surface area contributed by atoms with Crippen molar-refractivity contribution in [2.75, 3.05) is 12.3 Å². The third-order valence-corrected chi connectivity index (χ3v) is 6.63. The SMILES string of the molecule is CC(=O)N(Cc1ccc(C)nc1N)/C(C)=C(/CCOC(=O)c1ccccc1)SC(=O)c1ccccc1. The third-order valence-electron chi connectivity index (χ3n) is 5.47. The van der Waals surface area contributed by atoms with Crippen molar-refractivity contribution >= 4 is 34.6 Å². The smallest absolute Gasteiger partial charge is 0.338 e. The Morgan fingerprint density at radius 3 is 2.11 bits per heavy atom. The van der Waals surface area contributed by atoms with Gasteiger partial charge in [0, 0.05) is 40.8 Å². The summed E-state index contributed by atoms with van der Waals surface area (Å²) < 4.78 is 5.46. The molecule has 0 bridgehead atoms. The van der Waals surface area contributed by atoms with Gasteiger partial charge in [-0.25, -0.2) is 9.78 Å². The molecule has 0 radical (unpaired) electrons. The summed E-state index contributed by atoms with van der Waals surface area (Å²) in [6.45, 7) is 5.33. The standard InChI is InChI=1S/C28H29N3O4S/c1-19-14-15-24(26(29)30-19)18-31(21(3)32)20(2)25(36-28(34)23-12-8-5-9-13-23)16-17-35-27(33)22-10-6-4-7-11-22/h4-15H,16-18H2,1-3H3,(H2,29,30)/b25-20-. The molecule has 186 valence electrons. The monoisotopic (exact) mass is 503 g/mol. The van der Waals surface area contributed by atoms with E-state index in [1.54, 1.807) is 60.4 Å². The highest BCUT2D eigenvalue weighted by Gasteiger charge is 2.21. The van der Waals surface area contributed by atoms with E-state index < -0.39 is 5.97 Å². The van der Waals surface area contributed by atoms with Crippen LogP contribution < -0.4 is 5.73 Å². The van der Waals surface area contributed by atoms with Gasteiger partial charge in [0.05, 0.1) is 18.7 Å². The number of amides is 1. The number of aromatic nitrogens is 1. The van der Waals surface area contributed by atoms with Crippen molar-refractivity contribution in [2.24, 2.45) is 0 Å². The summed E-state index contributed by atoms with van der Waals surface area (Å²) in [4.78, 5) is 44.5. The molecule has 1 aromatic heterocycles. The van der Waals surface area contributed by atoms with Crippen molar-refractivity contribution in [3.8, 4) is 0 Å². The van der Waals surface area contributed by atoms with Gasteiger partial charge in [-0.15, -0.1) is 0 Å². The molecule has 0 aliphatic heterocycles. The Kier molecular flexibility index (Phi) is 9.41. The van der Waals surface area contributed by atoms with E-state index in [1.165, 1.54) is 6.92 Å². The van der Waals surface area contributed by atoms with Gasteiger partial charge in [0.25, 0.3) is 0 Å². The van der Waals surface area contributed by atoms with E-state index in [9.17, 15) is 14.4 Å². The number of carbonyl (C=O) groups is 3. The number of nitrogen functional groups attached to an aromatic ring is 1. The number of pyridine rings is 1. The zero-order valence-corrected chi connectivity index (χ0v) is 21.4. The van der Waals surface area contributed by atoms with E-state index in [2.05, 4.69) is 4.98 Å². The Morgan fingerprint density at radius 1 is 0.917 bits per heavy atom. The second-order valence-electron chi connectivity index (χ2n) is 8.12. The number of ether oxygens (including phenoxy) is 1. The summed E-state index contributed by atoms with van der Waals surface area (Å²) in [5.74, 6) is -0.312. The molecule has 8 heteroatoms. The number of hydrogen-bond donors (Lipinski definition) is 1. The molecule has 0 aliphatic rings. The summed E-state index contributed by atoms with van der Waals surface area (Å²) in [6.07, 6.45) is 0.263. The summed E-state index contributed by atoms with van der Waals surface area (Å²) in [5, 5.41) is -0.167. The predicted octanol–water partition coefficient (Wildman–Crippen LogP) is 5.37. The maximum absolute atomic E-state index is 13.0. The zero-order valence-electron chi connectivity index (χ0n) is 20.6. The number of aryl methyl sites for hydroxylation is 1. The van der Waals surface area contributed by atoms with E-state index in [0.29, 0.717) is 33.1 Å². The van der Waals surface area contributed by atoms with Crippen molar-refractivity contribution in [3.63, 3.8) is 0 Å². The Hall–Kier alpha value is -3.91. The predicted molar refractivity (Wildman–Crippen MR) is 142 cm³/mol. The highest BCUT2D eigenvalue weighted by molar-refractivity contribution is 8.17. The molecule has 2 aromatic carbocycles. The number of allylic oxidation sites excluding steroid dienone is 1. The van der Waals surface area contributed by atoms with Crippen LogP contribution in [0.25, 0.3) is 0 Å². The Bertz CT molecular complexity index is 1260. The van der Waals surface area contributed by atoms with Crippen molar-refractivity contribution in [3.05, 3.63) is 106 Å². The fraction of sp³-hybridized carbons (Fsp3) is 0.214. The minimum absolute atomic E-state index is 0.0510. The van der Waals surface area contributed by atoms with E-state index in [0.717, 1.165) is 17.5 Å². The van der Waals surface area contributed by atoms with E-state index in [4.69, 9.17) is 10.5 Å². The number of benzene rings is 2. The molecule has 1 amide bonds. The molecule has 0 unspecified atom stereocenters. The van der Waals surface area contributed by atoms with Crippen molar-refractivity contribution < 1.29 is 19.1 Å². The Morgan fingerprint density at radius 2 is 1.53 bits per heavy atom. The van der Waals surface area contributed by atoms with Crippen LogP contribution in [0.15, 0.2) is 83.4 Å². The second-order valence-corrected chi connectivity index (χ2v) is 9.19. The topological polar surface area (TPSA) is 103 Å². The normalized spacial score (nSPS) is 11.4. The lowest BCUT2D eigenvalue weighted by Crippen LogP contribution is -2.28. The van der Waals surface area contributed by atoms with Gasteiger partial charge >= 0.3 is 5.97 Å². The minimum Gasteiger partial charge on any atom is -0.462 e. The van der Waals surface area contributed by atoms with Crippen LogP contribution in [0.2, 0.25) is 0 Å². The van der Waals surface area contributed by atoms with Crippen LogP contribution >= 0.6 is 11.8 Å². The molecule has 0 atom stereocenters. The van der Waals surface area contributed by atoms with E-state index in [1.807, 2.05) is 31.2 Å². The fourth-order valence-corrected chi connectivity index (χ4v) is 4.39.